The largest absolute Gasteiger partial charge is 0.467 e. The van der Waals surface area contributed by atoms with Crippen molar-refractivity contribution >= 4 is 16.7 Å². The van der Waals surface area contributed by atoms with Crippen molar-refractivity contribution in [1.29, 1.82) is 0 Å². The van der Waals surface area contributed by atoms with Crippen LogP contribution in [0.5, 0.6) is 0 Å². The van der Waals surface area contributed by atoms with Crippen LogP contribution in [0.3, 0.4) is 0 Å². The van der Waals surface area contributed by atoms with Gasteiger partial charge in [0, 0.05) is 5.69 Å². The molecule has 0 aliphatic carbocycles. The molecule has 3 aromatic rings. The van der Waals surface area contributed by atoms with E-state index < -0.39 is 0 Å². The Labute approximate surface area is 111 Å². The van der Waals surface area contributed by atoms with E-state index in [4.69, 9.17) is 4.42 Å². The van der Waals surface area contributed by atoms with E-state index in [1.54, 1.807) is 6.26 Å². The van der Waals surface area contributed by atoms with Crippen molar-refractivity contribution in [1.82, 2.24) is 9.97 Å². The zero-order valence-corrected chi connectivity index (χ0v) is 11.1. The van der Waals surface area contributed by atoms with Crippen LogP contribution in [0.15, 0.2) is 41.0 Å². The molecule has 1 aromatic carbocycles. The summed E-state index contributed by atoms with van der Waals surface area (Å²) in [5.74, 6) is 1.90. The molecule has 0 amide bonds. The highest BCUT2D eigenvalue weighted by molar-refractivity contribution is 5.79. The maximum atomic E-state index is 5.47. The monoisotopic (exact) mass is 255 g/mol. The van der Waals surface area contributed by atoms with E-state index in [-0.39, 0.29) is 6.04 Å². The third kappa shape index (κ3) is 2.34. The highest BCUT2D eigenvalue weighted by Crippen LogP contribution is 2.24. The van der Waals surface area contributed by atoms with Gasteiger partial charge in [0.25, 0.3) is 0 Å². The molecule has 2 aromatic heterocycles. The number of aryl methyl sites for hydroxylation is 1. The molecule has 1 atom stereocenters. The smallest absolute Gasteiger partial charge is 0.125 e. The fourth-order valence-electron chi connectivity index (χ4n) is 2.29. The summed E-state index contributed by atoms with van der Waals surface area (Å²) in [5.41, 5.74) is 3.12. The van der Waals surface area contributed by atoms with E-state index in [0.29, 0.717) is 0 Å². The molecule has 4 heteroatoms. The average Bonchev–Trinajstić information content (AvgIpc) is 3.03. The SMILES string of the molecule is CCC(Nc1ccc2nc(C)[nH]c2c1)c1ccco1. The quantitative estimate of drug-likeness (QED) is 0.740. The van der Waals surface area contributed by atoms with Crippen LogP contribution in [0.1, 0.15) is 31.0 Å². The first-order valence-corrected chi connectivity index (χ1v) is 6.52. The number of anilines is 1. The second-order valence-corrected chi connectivity index (χ2v) is 4.67. The van der Waals surface area contributed by atoms with Gasteiger partial charge >= 0.3 is 0 Å². The van der Waals surface area contributed by atoms with Gasteiger partial charge in [0.05, 0.1) is 23.3 Å². The molecule has 98 valence electrons. The van der Waals surface area contributed by atoms with E-state index >= 15 is 0 Å². The van der Waals surface area contributed by atoms with Crippen LogP contribution < -0.4 is 5.32 Å². The lowest BCUT2D eigenvalue weighted by Gasteiger charge is -2.15. The van der Waals surface area contributed by atoms with E-state index in [0.717, 1.165) is 34.7 Å². The lowest BCUT2D eigenvalue weighted by Crippen LogP contribution is -2.08. The molecule has 0 radical (unpaired) electrons. The molecule has 0 spiro atoms. The Kier molecular flexibility index (Phi) is 2.99. The van der Waals surface area contributed by atoms with Gasteiger partial charge in [-0.3, -0.25) is 0 Å². The molecule has 0 bridgehead atoms. The predicted molar refractivity (Wildman–Crippen MR) is 76.2 cm³/mol. The third-order valence-corrected chi connectivity index (χ3v) is 3.24. The summed E-state index contributed by atoms with van der Waals surface area (Å²) < 4.78 is 5.47. The van der Waals surface area contributed by atoms with E-state index in [2.05, 4.69) is 28.3 Å². The number of hydrogen-bond acceptors (Lipinski definition) is 3. The summed E-state index contributed by atoms with van der Waals surface area (Å²) in [7, 11) is 0. The summed E-state index contributed by atoms with van der Waals surface area (Å²) in [4.78, 5) is 7.65. The van der Waals surface area contributed by atoms with Gasteiger partial charge in [0.1, 0.15) is 11.6 Å². The van der Waals surface area contributed by atoms with Gasteiger partial charge in [0.2, 0.25) is 0 Å². The molecule has 1 unspecified atom stereocenters. The van der Waals surface area contributed by atoms with Crippen molar-refractivity contribution in [2.24, 2.45) is 0 Å². The van der Waals surface area contributed by atoms with E-state index in [1.165, 1.54) is 0 Å². The molecular formula is C15H17N3O. The number of aromatic amines is 1. The number of imidazole rings is 1. The zero-order valence-electron chi connectivity index (χ0n) is 11.1. The Hall–Kier alpha value is -2.23. The highest BCUT2D eigenvalue weighted by Gasteiger charge is 2.12. The van der Waals surface area contributed by atoms with Gasteiger partial charge in [-0.15, -0.1) is 0 Å². The van der Waals surface area contributed by atoms with Crippen LogP contribution in [0.2, 0.25) is 0 Å². The average molecular weight is 255 g/mol. The molecule has 2 heterocycles. The van der Waals surface area contributed by atoms with Crippen molar-refractivity contribution in [2.45, 2.75) is 26.3 Å². The molecule has 3 rings (SSSR count). The normalized spacial score (nSPS) is 12.7. The number of aromatic nitrogens is 2. The first kappa shape index (κ1) is 11.8. The van der Waals surface area contributed by atoms with Crippen molar-refractivity contribution < 1.29 is 4.42 Å². The Balaban J connectivity index is 1.87. The number of benzene rings is 1. The first-order valence-electron chi connectivity index (χ1n) is 6.52. The molecule has 19 heavy (non-hydrogen) atoms. The number of furan rings is 1. The fraction of sp³-hybridized carbons (Fsp3) is 0.267. The van der Waals surface area contributed by atoms with Gasteiger partial charge in [-0.2, -0.15) is 0 Å². The minimum Gasteiger partial charge on any atom is -0.467 e. The van der Waals surface area contributed by atoms with E-state index in [9.17, 15) is 0 Å². The number of fused-ring (bicyclic) bond motifs is 1. The lowest BCUT2D eigenvalue weighted by molar-refractivity contribution is 0.474. The summed E-state index contributed by atoms with van der Waals surface area (Å²) in [5, 5.41) is 3.49. The van der Waals surface area contributed by atoms with Crippen LogP contribution in [0, 0.1) is 6.92 Å². The molecule has 0 aliphatic rings. The molecule has 0 fully saturated rings. The lowest BCUT2D eigenvalue weighted by atomic mass is 10.1. The van der Waals surface area contributed by atoms with E-state index in [1.807, 2.05) is 31.2 Å². The molecular weight excluding hydrogens is 238 g/mol. The second-order valence-electron chi connectivity index (χ2n) is 4.67. The summed E-state index contributed by atoms with van der Waals surface area (Å²) >= 11 is 0. The second kappa shape index (κ2) is 4.80. The highest BCUT2D eigenvalue weighted by atomic mass is 16.3. The van der Waals surface area contributed by atoms with Gasteiger partial charge < -0.3 is 14.7 Å². The number of H-pyrrole nitrogens is 1. The third-order valence-electron chi connectivity index (χ3n) is 3.24. The standard InChI is InChI=1S/C15H17N3O/c1-3-12(15-5-4-8-19-15)18-11-6-7-13-14(9-11)17-10(2)16-13/h4-9,12,18H,3H2,1-2H3,(H,16,17). The van der Waals surface area contributed by atoms with Crippen molar-refractivity contribution in [3.8, 4) is 0 Å². The van der Waals surface area contributed by atoms with Crippen LogP contribution in [-0.4, -0.2) is 9.97 Å². The predicted octanol–water partition coefficient (Wildman–Crippen LogP) is 4.03. The topological polar surface area (TPSA) is 53.9 Å². The van der Waals surface area contributed by atoms with Crippen LogP contribution in [-0.2, 0) is 0 Å². The van der Waals surface area contributed by atoms with Crippen molar-refractivity contribution in [3.05, 3.63) is 48.2 Å². The van der Waals surface area contributed by atoms with Crippen LogP contribution >= 0.6 is 0 Å². The van der Waals surface area contributed by atoms with Gasteiger partial charge in [-0.05, 0) is 43.7 Å². The molecule has 0 saturated heterocycles. The molecule has 4 nitrogen and oxygen atoms in total. The van der Waals surface area contributed by atoms with Gasteiger partial charge in [-0.25, -0.2) is 4.98 Å². The van der Waals surface area contributed by atoms with Crippen molar-refractivity contribution in [2.75, 3.05) is 5.32 Å². The maximum Gasteiger partial charge on any atom is 0.125 e. The van der Waals surface area contributed by atoms with Gasteiger partial charge in [-0.1, -0.05) is 6.92 Å². The Morgan fingerprint density at radius 1 is 1.37 bits per heavy atom. The van der Waals surface area contributed by atoms with Crippen LogP contribution in [0.4, 0.5) is 5.69 Å². The number of nitrogens with one attached hydrogen (secondary N) is 2. The minimum atomic E-state index is 0.191. The fourth-order valence-corrected chi connectivity index (χ4v) is 2.29. The summed E-state index contributed by atoms with van der Waals surface area (Å²) in [6.45, 7) is 4.10. The Morgan fingerprint density at radius 2 is 2.26 bits per heavy atom. The number of nitrogens with zero attached hydrogens (tertiary/aromatic N) is 1. The molecule has 0 saturated carbocycles. The minimum absolute atomic E-state index is 0.191. The summed E-state index contributed by atoms with van der Waals surface area (Å²) in [6, 6.07) is 10.3. The number of hydrogen-bond donors (Lipinski definition) is 2. The Bertz CT molecular complexity index is 670. The number of rotatable bonds is 4. The van der Waals surface area contributed by atoms with Crippen LogP contribution in [0.25, 0.3) is 11.0 Å². The summed E-state index contributed by atoms with van der Waals surface area (Å²) in [6.07, 6.45) is 2.68. The maximum absolute atomic E-state index is 5.47. The zero-order chi connectivity index (χ0) is 13.2. The Morgan fingerprint density at radius 3 is 3.00 bits per heavy atom. The molecule has 2 N–H and O–H groups in total. The first-order chi connectivity index (χ1) is 9.26. The van der Waals surface area contributed by atoms with Crippen molar-refractivity contribution in [3.63, 3.8) is 0 Å². The molecule has 0 aliphatic heterocycles. The van der Waals surface area contributed by atoms with Gasteiger partial charge in [0.15, 0.2) is 0 Å².